The summed E-state index contributed by atoms with van der Waals surface area (Å²) in [6.07, 6.45) is 0.299. The van der Waals surface area contributed by atoms with Crippen LogP contribution in [0.15, 0.2) is 48.5 Å². The zero-order valence-corrected chi connectivity index (χ0v) is 13.6. The number of amides is 2. The molecular formula is C19H19N3O2. The van der Waals surface area contributed by atoms with E-state index in [2.05, 4.69) is 15.6 Å². The molecule has 0 fully saturated rings. The van der Waals surface area contributed by atoms with Crippen molar-refractivity contribution in [3.63, 3.8) is 0 Å². The molecule has 1 heterocycles. The van der Waals surface area contributed by atoms with Crippen molar-refractivity contribution in [2.75, 3.05) is 12.4 Å². The Morgan fingerprint density at radius 2 is 1.75 bits per heavy atom. The lowest BCUT2D eigenvalue weighted by Gasteiger charge is -2.07. The molecule has 5 heteroatoms. The fourth-order valence-electron chi connectivity index (χ4n) is 2.78. The van der Waals surface area contributed by atoms with Gasteiger partial charge in [0.15, 0.2) is 0 Å². The average Bonchev–Trinajstić information content (AvgIpc) is 2.90. The van der Waals surface area contributed by atoms with Gasteiger partial charge in [-0.25, -0.2) is 0 Å². The maximum atomic E-state index is 12.3. The molecule has 0 unspecified atom stereocenters. The first-order chi connectivity index (χ1) is 11.6. The SMILES string of the molecule is CNC(=O)c1ccc(NC(=O)Cc2c(C)[nH]c3ccccc23)cc1. The van der Waals surface area contributed by atoms with Crippen molar-refractivity contribution in [3.8, 4) is 0 Å². The van der Waals surface area contributed by atoms with Crippen molar-refractivity contribution < 1.29 is 9.59 Å². The summed E-state index contributed by atoms with van der Waals surface area (Å²) < 4.78 is 0. The number of aromatic amines is 1. The summed E-state index contributed by atoms with van der Waals surface area (Å²) in [6, 6.07) is 14.8. The Morgan fingerprint density at radius 1 is 1.04 bits per heavy atom. The van der Waals surface area contributed by atoms with Crippen LogP contribution in [0.2, 0.25) is 0 Å². The van der Waals surface area contributed by atoms with Gasteiger partial charge < -0.3 is 15.6 Å². The maximum Gasteiger partial charge on any atom is 0.251 e. The Kier molecular flexibility index (Phi) is 4.33. The van der Waals surface area contributed by atoms with Crippen molar-refractivity contribution in [1.29, 1.82) is 0 Å². The number of hydrogen-bond acceptors (Lipinski definition) is 2. The van der Waals surface area contributed by atoms with Crippen LogP contribution < -0.4 is 10.6 Å². The van der Waals surface area contributed by atoms with E-state index in [9.17, 15) is 9.59 Å². The summed E-state index contributed by atoms with van der Waals surface area (Å²) in [4.78, 5) is 27.2. The van der Waals surface area contributed by atoms with Gasteiger partial charge in [0.2, 0.25) is 5.91 Å². The first kappa shape index (κ1) is 15.8. The summed E-state index contributed by atoms with van der Waals surface area (Å²) in [7, 11) is 1.58. The molecule has 3 aromatic rings. The molecule has 3 N–H and O–H groups in total. The van der Waals surface area contributed by atoms with Gasteiger partial charge >= 0.3 is 0 Å². The molecule has 0 saturated carbocycles. The number of para-hydroxylation sites is 1. The molecule has 0 aliphatic carbocycles. The van der Waals surface area contributed by atoms with E-state index in [0.717, 1.165) is 22.2 Å². The monoisotopic (exact) mass is 321 g/mol. The molecule has 0 radical (unpaired) electrons. The molecule has 2 aromatic carbocycles. The molecule has 0 aliphatic rings. The third-order valence-corrected chi connectivity index (χ3v) is 4.02. The third kappa shape index (κ3) is 3.15. The van der Waals surface area contributed by atoms with Crippen LogP contribution >= 0.6 is 0 Å². The zero-order chi connectivity index (χ0) is 17.1. The molecule has 122 valence electrons. The number of anilines is 1. The Labute approximate surface area is 140 Å². The second-order valence-corrected chi connectivity index (χ2v) is 5.66. The second kappa shape index (κ2) is 6.58. The van der Waals surface area contributed by atoms with E-state index in [1.165, 1.54) is 0 Å². The highest BCUT2D eigenvalue weighted by molar-refractivity contribution is 5.97. The molecule has 0 atom stereocenters. The van der Waals surface area contributed by atoms with E-state index >= 15 is 0 Å². The van der Waals surface area contributed by atoms with Crippen LogP contribution in [0.5, 0.6) is 0 Å². The molecule has 0 bridgehead atoms. The summed E-state index contributed by atoms with van der Waals surface area (Å²) >= 11 is 0. The van der Waals surface area contributed by atoms with Crippen molar-refractivity contribution in [2.24, 2.45) is 0 Å². The smallest absolute Gasteiger partial charge is 0.251 e. The number of carbonyl (C=O) groups excluding carboxylic acids is 2. The number of fused-ring (bicyclic) bond motifs is 1. The van der Waals surface area contributed by atoms with E-state index < -0.39 is 0 Å². The van der Waals surface area contributed by atoms with E-state index in [1.54, 1.807) is 31.3 Å². The summed E-state index contributed by atoms with van der Waals surface area (Å²) in [5.41, 5.74) is 4.27. The minimum Gasteiger partial charge on any atom is -0.358 e. The number of aromatic nitrogens is 1. The van der Waals surface area contributed by atoms with Crippen LogP contribution in [0.4, 0.5) is 5.69 Å². The highest BCUT2D eigenvalue weighted by atomic mass is 16.2. The van der Waals surface area contributed by atoms with Crippen LogP contribution in [-0.4, -0.2) is 23.8 Å². The predicted octanol–water partition coefficient (Wildman–Crippen LogP) is 3.02. The lowest BCUT2D eigenvalue weighted by Crippen LogP contribution is -2.18. The number of aryl methyl sites for hydroxylation is 1. The van der Waals surface area contributed by atoms with Crippen LogP contribution in [0.1, 0.15) is 21.6 Å². The third-order valence-electron chi connectivity index (χ3n) is 4.02. The number of nitrogens with one attached hydrogen (secondary N) is 3. The van der Waals surface area contributed by atoms with Gasteiger partial charge in [0.1, 0.15) is 0 Å². The van der Waals surface area contributed by atoms with Crippen LogP contribution in [0, 0.1) is 6.92 Å². The van der Waals surface area contributed by atoms with E-state index in [0.29, 0.717) is 17.7 Å². The van der Waals surface area contributed by atoms with Gasteiger partial charge in [0, 0.05) is 34.9 Å². The van der Waals surface area contributed by atoms with Gasteiger partial charge in [0.05, 0.1) is 6.42 Å². The Balaban J connectivity index is 1.73. The normalized spacial score (nSPS) is 10.6. The minimum atomic E-state index is -0.151. The Hall–Kier alpha value is -3.08. The number of H-pyrrole nitrogens is 1. The topological polar surface area (TPSA) is 74.0 Å². The lowest BCUT2D eigenvalue weighted by atomic mass is 10.1. The van der Waals surface area contributed by atoms with E-state index in [-0.39, 0.29) is 11.8 Å². The second-order valence-electron chi connectivity index (χ2n) is 5.66. The van der Waals surface area contributed by atoms with E-state index in [1.807, 2.05) is 31.2 Å². The molecule has 3 rings (SSSR count). The molecule has 24 heavy (non-hydrogen) atoms. The number of benzene rings is 2. The summed E-state index contributed by atoms with van der Waals surface area (Å²) in [5, 5.41) is 6.51. The standard InChI is InChI=1S/C19H19N3O2/c1-12-16(15-5-3-4-6-17(15)21-12)11-18(23)22-14-9-7-13(8-10-14)19(24)20-2/h3-10,21H,11H2,1-2H3,(H,20,24)(H,22,23). The number of carbonyl (C=O) groups is 2. The highest BCUT2D eigenvalue weighted by Crippen LogP contribution is 2.22. The Bertz CT molecular complexity index is 895. The van der Waals surface area contributed by atoms with Crippen molar-refractivity contribution in [3.05, 3.63) is 65.4 Å². The maximum absolute atomic E-state index is 12.3. The van der Waals surface area contributed by atoms with Gasteiger partial charge in [-0.1, -0.05) is 18.2 Å². The van der Waals surface area contributed by atoms with Gasteiger partial charge in [0.25, 0.3) is 5.91 Å². The number of rotatable bonds is 4. The minimum absolute atomic E-state index is 0.0875. The average molecular weight is 321 g/mol. The van der Waals surface area contributed by atoms with E-state index in [4.69, 9.17) is 0 Å². The molecule has 0 aliphatic heterocycles. The van der Waals surface area contributed by atoms with Gasteiger partial charge in [-0.05, 0) is 42.8 Å². The number of hydrogen-bond donors (Lipinski definition) is 3. The molecule has 1 aromatic heterocycles. The first-order valence-electron chi connectivity index (χ1n) is 7.76. The molecule has 2 amide bonds. The van der Waals surface area contributed by atoms with Gasteiger partial charge in [-0.15, -0.1) is 0 Å². The van der Waals surface area contributed by atoms with Gasteiger partial charge in [-0.2, -0.15) is 0 Å². The quantitative estimate of drug-likeness (QED) is 0.691. The molecule has 0 saturated heterocycles. The summed E-state index contributed by atoms with van der Waals surface area (Å²) in [5.74, 6) is -0.238. The first-order valence-corrected chi connectivity index (χ1v) is 7.76. The predicted molar refractivity (Wildman–Crippen MR) is 95.2 cm³/mol. The fourth-order valence-corrected chi connectivity index (χ4v) is 2.78. The van der Waals surface area contributed by atoms with Crippen LogP contribution in [0.3, 0.4) is 0 Å². The molecule has 5 nitrogen and oxygen atoms in total. The van der Waals surface area contributed by atoms with Crippen LogP contribution in [-0.2, 0) is 11.2 Å². The van der Waals surface area contributed by atoms with Crippen molar-refractivity contribution in [1.82, 2.24) is 10.3 Å². The highest BCUT2D eigenvalue weighted by Gasteiger charge is 2.12. The zero-order valence-electron chi connectivity index (χ0n) is 13.6. The van der Waals surface area contributed by atoms with Gasteiger partial charge in [-0.3, -0.25) is 9.59 Å². The fraction of sp³-hybridized carbons (Fsp3) is 0.158. The molecule has 0 spiro atoms. The van der Waals surface area contributed by atoms with Crippen molar-refractivity contribution in [2.45, 2.75) is 13.3 Å². The van der Waals surface area contributed by atoms with Crippen LogP contribution in [0.25, 0.3) is 10.9 Å². The summed E-state index contributed by atoms with van der Waals surface area (Å²) in [6.45, 7) is 1.97. The lowest BCUT2D eigenvalue weighted by molar-refractivity contribution is -0.115. The Morgan fingerprint density at radius 3 is 2.46 bits per heavy atom. The van der Waals surface area contributed by atoms with Crippen molar-refractivity contribution >= 4 is 28.4 Å². The largest absolute Gasteiger partial charge is 0.358 e. The molecular weight excluding hydrogens is 302 g/mol.